The molecule has 0 aliphatic carbocycles. The van der Waals surface area contributed by atoms with Gasteiger partial charge in [-0.3, -0.25) is 4.90 Å². The van der Waals surface area contributed by atoms with E-state index in [-0.39, 0.29) is 5.60 Å². The first-order valence-corrected chi connectivity index (χ1v) is 7.62. The van der Waals surface area contributed by atoms with Gasteiger partial charge in [0, 0.05) is 26.2 Å². The Morgan fingerprint density at radius 3 is 2.47 bits per heavy atom. The van der Waals surface area contributed by atoms with Crippen LogP contribution in [-0.4, -0.2) is 30.2 Å². The minimum Gasteiger partial charge on any atom is -0.375 e. The summed E-state index contributed by atoms with van der Waals surface area (Å²) >= 11 is 0. The molecule has 0 atom stereocenters. The van der Waals surface area contributed by atoms with Crippen LogP contribution in [0, 0.1) is 0 Å². The van der Waals surface area contributed by atoms with Crippen LogP contribution < -0.4 is 0 Å². The lowest BCUT2D eigenvalue weighted by molar-refractivity contribution is -0.0728. The number of hydrogen-bond donors (Lipinski definition) is 0. The summed E-state index contributed by atoms with van der Waals surface area (Å²) in [5.74, 6) is 0. The summed E-state index contributed by atoms with van der Waals surface area (Å²) in [6, 6.07) is 10.8. The van der Waals surface area contributed by atoms with Crippen LogP contribution in [-0.2, 0) is 11.3 Å². The summed E-state index contributed by atoms with van der Waals surface area (Å²) < 4.78 is 6.08. The highest BCUT2D eigenvalue weighted by Crippen LogP contribution is 2.26. The summed E-state index contributed by atoms with van der Waals surface area (Å²) in [5.41, 5.74) is 1.53. The van der Waals surface area contributed by atoms with Crippen molar-refractivity contribution >= 4 is 0 Å². The number of benzene rings is 1. The molecule has 1 aromatic rings. The molecule has 1 aliphatic heterocycles. The molecule has 0 saturated carbocycles. The quantitative estimate of drug-likeness (QED) is 0.721. The predicted octanol–water partition coefficient (Wildman–Crippen LogP) is 3.86. The molecule has 1 fully saturated rings. The maximum absolute atomic E-state index is 6.08. The van der Waals surface area contributed by atoms with Crippen molar-refractivity contribution in [2.45, 2.75) is 51.7 Å². The summed E-state index contributed by atoms with van der Waals surface area (Å²) in [6.07, 6.45) is 4.71. The summed E-state index contributed by atoms with van der Waals surface area (Å²) in [4.78, 5) is 2.54. The topological polar surface area (TPSA) is 12.5 Å². The van der Waals surface area contributed by atoms with Crippen molar-refractivity contribution < 1.29 is 4.74 Å². The molecule has 1 heterocycles. The molecule has 0 spiro atoms. The fraction of sp³-hybridized carbons (Fsp3) is 0.647. The third-order valence-electron chi connectivity index (χ3n) is 4.11. The predicted molar refractivity (Wildman–Crippen MR) is 80.2 cm³/mol. The first kappa shape index (κ1) is 14.5. The molecule has 1 saturated heterocycles. The Bertz CT molecular complexity index is 355. The lowest BCUT2D eigenvalue weighted by Gasteiger charge is -2.39. The van der Waals surface area contributed by atoms with Gasteiger partial charge in [0.15, 0.2) is 0 Å². The van der Waals surface area contributed by atoms with Crippen LogP contribution in [0.4, 0.5) is 0 Å². The zero-order valence-electron chi connectivity index (χ0n) is 12.4. The monoisotopic (exact) mass is 261 g/mol. The molecule has 0 aromatic heterocycles. The van der Waals surface area contributed by atoms with E-state index in [1.54, 1.807) is 0 Å². The first-order chi connectivity index (χ1) is 9.22. The zero-order chi connectivity index (χ0) is 13.6. The number of nitrogens with zero attached hydrogens (tertiary/aromatic N) is 1. The highest BCUT2D eigenvalue weighted by molar-refractivity contribution is 5.14. The van der Waals surface area contributed by atoms with Crippen LogP contribution in [0.2, 0.25) is 0 Å². The average Bonchev–Trinajstić information content (AvgIpc) is 2.43. The standard InChI is InChI=1S/C17H27NO/c1-3-4-14-19-17(2)10-12-18(13-11-17)15-16-8-6-5-7-9-16/h5-9H,3-4,10-15H2,1-2H3. The molecule has 106 valence electrons. The van der Waals surface area contributed by atoms with Gasteiger partial charge in [-0.15, -0.1) is 0 Å². The van der Waals surface area contributed by atoms with Crippen LogP contribution in [0.3, 0.4) is 0 Å². The molecule has 2 rings (SSSR count). The Kier molecular flexibility index (Phi) is 5.41. The van der Waals surface area contributed by atoms with Gasteiger partial charge in [-0.1, -0.05) is 43.7 Å². The molecular weight excluding hydrogens is 234 g/mol. The van der Waals surface area contributed by atoms with Crippen molar-refractivity contribution in [2.24, 2.45) is 0 Å². The Hall–Kier alpha value is -0.860. The number of piperidine rings is 1. The van der Waals surface area contributed by atoms with E-state index >= 15 is 0 Å². The minimum absolute atomic E-state index is 0.113. The second-order valence-corrected chi connectivity index (χ2v) is 5.91. The maximum atomic E-state index is 6.08. The normalized spacial score (nSPS) is 19.5. The van der Waals surface area contributed by atoms with Crippen molar-refractivity contribution in [3.05, 3.63) is 35.9 Å². The largest absolute Gasteiger partial charge is 0.375 e. The molecule has 1 aromatic carbocycles. The lowest BCUT2D eigenvalue weighted by Crippen LogP contribution is -2.44. The summed E-state index contributed by atoms with van der Waals surface area (Å²) in [5, 5.41) is 0. The van der Waals surface area contributed by atoms with Crippen LogP contribution in [0.15, 0.2) is 30.3 Å². The smallest absolute Gasteiger partial charge is 0.0678 e. The van der Waals surface area contributed by atoms with Crippen molar-refractivity contribution in [2.75, 3.05) is 19.7 Å². The summed E-state index contributed by atoms with van der Waals surface area (Å²) in [7, 11) is 0. The Morgan fingerprint density at radius 1 is 1.16 bits per heavy atom. The van der Waals surface area contributed by atoms with E-state index in [1.807, 2.05) is 0 Å². The number of unbranched alkanes of at least 4 members (excludes halogenated alkanes) is 1. The number of likely N-dealkylation sites (tertiary alicyclic amines) is 1. The highest BCUT2D eigenvalue weighted by Gasteiger charge is 2.30. The molecule has 2 heteroatoms. The highest BCUT2D eigenvalue weighted by atomic mass is 16.5. The van der Waals surface area contributed by atoms with E-state index in [2.05, 4.69) is 49.1 Å². The van der Waals surface area contributed by atoms with Gasteiger partial charge in [0.25, 0.3) is 0 Å². The lowest BCUT2D eigenvalue weighted by atomic mass is 9.93. The van der Waals surface area contributed by atoms with Gasteiger partial charge in [0.05, 0.1) is 5.60 Å². The van der Waals surface area contributed by atoms with Crippen molar-refractivity contribution in [3.8, 4) is 0 Å². The molecule has 0 unspecified atom stereocenters. The summed E-state index contributed by atoms with van der Waals surface area (Å²) in [6.45, 7) is 8.79. The van der Waals surface area contributed by atoms with Crippen molar-refractivity contribution in [1.29, 1.82) is 0 Å². The van der Waals surface area contributed by atoms with E-state index in [0.717, 1.165) is 39.1 Å². The zero-order valence-corrected chi connectivity index (χ0v) is 12.4. The molecule has 19 heavy (non-hydrogen) atoms. The van der Waals surface area contributed by atoms with Gasteiger partial charge in [0.2, 0.25) is 0 Å². The third-order valence-corrected chi connectivity index (χ3v) is 4.11. The van der Waals surface area contributed by atoms with Crippen LogP contribution in [0.25, 0.3) is 0 Å². The van der Waals surface area contributed by atoms with Gasteiger partial charge in [-0.25, -0.2) is 0 Å². The fourth-order valence-electron chi connectivity index (χ4n) is 2.63. The average molecular weight is 261 g/mol. The number of hydrogen-bond acceptors (Lipinski definition) is 2. The molecule has 1 aliphatic rings. The van der Waals surface area contributed by atoms with Crippen LogP contribution in [0.5, 0.6) is 0 Å². The van der Waals surface area contributed by atoms with Gasteiger partial charge in [-0.05, 0) is 31.7 Å². The van der Waals surface area contributed by atoms with Gasteiger partial charge in [0.1, 0.15) is 0 Å². The van der Waals surface area contributed by atoms with Gasteiger partial charge >= 0.3 is 0 Å². The second kappa shape index (κ2) is 7.06. The van der Waals surface area contributed by atoms with Gasteiger partial charge in [-0.2, -0.15) is 0 Å². The third kappa shape index (κ3) is 4.63. The SMILES string of the molecule is CCCCOC1(C)CCN(Cc2ccccc2)CC1. The van der Waals surface area contributed by atoms with E-state index in [0.29, 0.717) is 0 Å². The minimum atomic E-state index is 0.113. The number of rotatable bonds is 6. The van der Waals surface area contributed by atoms with Gasteiger partial charge < -0.3 is 4.74 Å². The van der Waals surface area contributed by atoms with E-state index in [4.69, 9.17) is 4.74 Å². The van der Waals surface area contributed by atoms with Crippen molar-refractivity contribution in [3.63, 3.8) is 0 Å². The van der Waals surface area contributed by atoms with E-state index in [9.17, 15) is 0 Å². The molecule has 0 N–H and O–H groups in total. The van der Waals surface area contributed by atoms with E-state index < -0.39 is 0 Å². The molecular formula is C17H27NO. The number of ether oxygens (including phenoxy) is 1. The Morgan fingerprint density at radius 2 is 1.84 bits per heavy atom. The molecule has 2 nitrogen and oxygen atoms in total. The Labute approximate surface area is 117 Å². The molecule has 0 bridgehead atoms. The van der Waals surface area contributed by atoms with Crippen LogP contribution in [0.1, 0.15) is 45.1 Å². The Balaban J connectivity index is 1.75. The second-order valence-electron chi connectivity index (χ2n) is 5.91. The first-order valence-electron chi connectivity index (χ1n) is 7.62. The molecule has 0 amide bonds. The maximum Gasteiger partial charge on any atom is 0.0678 e. The van der Waals surface area contributed by atoms with E-state index in [1.165, 1.54) is 18.4 Å². The van der Waals surface area contributed by atoms with Crippen LogP contribution >= 0.6 is 0 Å². The van der Waals surface area contributed by atoms with Crippen molar-refractivity contribution in [1.82, 2.24) is 4.90 Å². The fourth-order valence-corrected chi connectivity index (χ4v) is 2.63. The molecule has 0 radical (unpaired) electrons.